The van der Waals surface area contributed by atoms with Crippen LogP contribution in [0.5, 0.6) is 5.75 Å². The van der Waals surface area contributed by atoms with Crippen LogP contribution in [-0.4, -0.2) is 32.6 Å². The van der Waals surface area contributed by atoms with E-state index in [1.165, 1.54) is 12.1 Å². The lowest BCUT2D eigenvalue weighted by Gasteiger charge is -2.35. The number of hydrogen-bond acceptors (Lipinski definition) is 6. The number of halogens is 1. The average molecular weight is 461 g/mol. The van der Waals surface area contributed by atoms with Crippen molar-refractivity contribution in [1.29, 1.82) is 0 Å². The molecule has 3 heterocycles. The summed E-state index contributed by atoms with van der Waals surface area (Å²) in [4.78, 5) is 17.2. The minimum atomic E-state index is -0.849. The lowest BCUT2D eigenvalue weighted by atomic mass is 9.72. The van der Waals surface area contributed by atoms with Gasteiger partial charge in [0.25, 0.3) is 0 Å². The van der Waals surface area contributed by atoms with Crippen molar-refractivity contribution in [3.8, 4) is 28.5 Å². The van der Waals surface area contributed by atoms with E-state index in [1.807, 2.05) is 28.8 Å². The molecule has 0 fully saturated rings. The van der Waals surface area contributed by atoms with Crippen molar-refractivity contribution in [3.05, 3.63) is 71.8 Å². The Labute approximate surface area is 196 Å². The van der Waals surface area contributed by atoms with Crippen LogP contribution >= 0.6 is 0 Å². The van der Waals surface area contributed by atoms with Gasteiger partial charge in [-0.3, -0.25) is 4.79 Å². The number of hydrogen-bond donors (Lipinski definition) is 0. The fourth-order valence-corrected chi connectivity index (χ4v) is 4.87. The number of aromatic nitrogens is 4. The standard InChI is InChI=1S/C26H25FN4O3/c1-16(32)26(14-18-6-4-7-20(27)12-18)10-5-11-31-24(29-30-25(26)31)19-8-9-21(22(13-19)33-3)23-15-28-17(2)34-23/h4,6-9,12-13,15H,5,10-11,14H2,1-3H3. The molecule has 2 aromatic heterocycles. The topological polar surface area (TPSA) is 83.0 Å². The molecule has 1 unspecified atom stereocenters. The van der Waals surface area contributed by atoms with Gasteiger partial charge in [0.05, 0.1) is 24.3 Å². The highest BCUT2D eigenvalue weighted by molar-refractivity contribution is 5.88. The molecule has 0 bridgehead atoms. The smallest absolute Gasteiger partial charge is 0.191 e. The fraction of sp³-hybridized carbons (Fsp3) is 0.308. The molecule has 0 saturated carbocycles. The van der Waals surface area contributed by atoms with Crippen molar-refractivity contribution in [1.82, 2.24) is 19.7 Å². The second-order valence-corrected chi connectivity index (χ2v) is 8.71. The Morgan fingerprint density at radius 2 is 2.09 bits per heavy atom. The Kier molecular flexibility index (Phi) is 5.51. The maximum absolute atomic E-state index is 13.9. The van der Waals surface area contributed by atoms with Gasteiger partial charge in [0.1, 0.15) is 23.2 Å². The third kappa shape index (κ3) is 3.69. The zero-order chi connectivity index (χ0) is 23.9. The number of aryl methyl sites for hydroxylation is 1. The Bertz CT molecular complexity index is 1380. The zero-order valence-corrected chi connectivity index (χ0v) is 19.3. The average Bonchev–Trinajstić information content (AvgIpc) is 3.45. The summed E-state index contributed by atoms with van der Waals surface area (Å²) >= 11 is 0. The first-order valence-corrected chi connectivity index (χ1v) is 11.2. The van der Waals surface area contributed by atoms with Crippen LogP contribution in [0.4, 0.5) is 4.39 Å². The van der Waals surface area contributed by atoms with Crippen LogP contribution in [0.1, 0.15) is 37.0 Å². The van der Waals surface area contributed by atoms with Crippen LogP contribution in [0.15, 0.2) is 53.1 Å². The van der Waals surface area contributed by atoms with Gasteiger partial charge in [-0.1, -0.05) is 18.2 Å². The molecule has 1 aliphatic rings. The van der Waals surface area contributed by atoms with Crippen LogP contribution in [0.25, 0.3) is 22.7 Å². The van der Waals surface area contributed by atoms with Gasteiger partial charge in [-0.05, 0) is 56.0 Å². The van der Waals surface area contributed by atoms with Gasteiger partial charge in [-0.25, -0.2) is 9.37 Å². The predicted octanol–water partition coefficient (Wildman–Crippen LogP) is 4.92. The summed E-state index contributed by atoms with van der Waals surface area (Å²) in [5.41, 5.74) is 1.52. The normalized spacial score (nSPS) is 17.4. The minimum Gasteiger partial charge on any atom is -0.496 e. The molecule has 5 rings (SSSR count). The van der Waals surface area contributed by atoms with Gasteiger partial charge in [0.15, 0.2) is 17.5 Å². The molecule has 0 aliphatic carbocycles. The van der Waals surface area contributed by atoms with E-state index in [2.05, 4.69) is 15.2 Å². The second-order valence-electron chi connectivity index (χ2n) is 8.71. The molecule has 2 aromatic carbocycles. The highest BCUT2D eigenvalue weighted by Crippen LogP contribution is 2.40. The molecule has 4 aromatic rings. The van der Waals surface area contributed by atoms with E-state index in [-0.39, 0.29) is 11.6 Å². The summed E-state index contributed by atoms with van der Waals surface area (Å²) in [6.45, 7) is 4.07. The number of oxazole rings is 1. The van der Waals surface area contributed by atoms with Crippen molar-refractivity contribution in [2.45, 2.75) is 45.1 Å². The first-order chi connectivity index (χ1) is 16.4. The monoisotopic (exact) mass is 460 g/mol. The lowest BCUT2D eigenvalue weighted by molar-refractivity contribution is -0.123. The van der Waals surface area contributed by atoms with E-state index in [4.69, 9.17) is 9.15 Å². The number of carbonyl (C=O) groups is 1. The van der Waals surface area contributed by atoms with Crippen LogP contribution in [-0.2, 0) is 23.2 Å². The van der Waals surface area contributed by atoms with E-state index in [0.717, 1.165) is 23.1 Å². The Morgan fingerprint density at radius 3 is 2.79 bits per heavy atom. The molecular formula is C26H25FN4O3. The Balaban J connectivity index is 1.57. The van der Waals surface area contributed by atoms with Crippen molar-refractivity contribution in [3.63, 3.8) is 0 Å². The summed E-state index contributed by atoms with van der Waals surface area (Å²) < 4.78 is 27.2. The fourth-order valence-electron chi connectivity index (χ4n) is 4.87. The number of ketones is 1. The van der Waals surface area contributed by atoms with Crippen LogP contribution in [0.3, 0.4) is 0 Å². The molecule has 1 aliphatic heterocycles. The number of fused-ring (bicyclic) bond motifs is 1. The van der Waals surface area contributed by atoms with E-state index >= 15 is 0 Å². The molecule has 7 nitrogen and oxygen atoms in total. The number of benzene rings is 2. The van der Waals surface area contributed by atoms with Crippen LogP contribution in [0.2, 0.25) is 0 Å². The highest BCUT2D eigenvalue weighted by Gasteiger charge is 2.44. The maximum atomic E-state index is 13.9. The van der Waals surface area contributed by atoms with Gasteiger partial charge in [-0.15, -0.1) is 10.2 Å². The highest BCUT2D eigenvalue weighted by atomic mass is 19.1. The minimum absolute atomic E-state index is 0.00489. The van der Waals surface area contributed by atoms with Gasteiger partial charge in [-0.2, -0.15) is 0 Å². The molecule has 0 radical (unpaired) electrons. The maximum Gasteiger partial charge on any atom is 0.191 e. The van der Waals surface area contributed by atoms with Gasteiger partial charge < -0.3 is 13.7 Å². The molecule has 0 spiro atoms. The summed E-state index contributed by atoms with van der Waals surface area (Å²) in [6.07, 6.45) is 3.48. The summed E-state index contributed by atoms with van der Waals surface area (Å²) in [6, 6.07) is 12.1. The molecule has 0 N–H and O–H groups in total. The van der Waals surface area contributed by atoms with Gasteiger partial charge in [0, 0.05) is 19.0 Å². The predicted molar refractivity (Wildman–Crippen MR) is 124 cm³/mol. The van der Waals surface area contributed by atoms with Crippen LogP contribution in [0, 0.1) is 12.7 Å². The van der Waals surface area contributed by atoms with Crippen molar-refractivity contribution < 1.29 is 18.3 Å². The van der Waals surface area contributed by atoms with Crippen molar-refractivity contribution in [2.24, 2.45) is 0 Å². The number of Topliss-reactive ketones (excluding diaryl/α,β-unsaturated/α-hetero) is 1. The quantitative estimate of drug-likeness (QED) is 0.406. The summed E-state index contributed by atoms with van der Waals surface area (Å²) in [5.74, 6) is 2.80. The zero-order valence-electron chi connectivity index (χ0n) is 19.3. The van der Waals surface area contributed by atoms with E-state index < -0.39 is 5.41 Å². The van der Waals surface area contributed by atoms with Gasteiger partial charge >= 0.3 is 0 Å². The number of nitrogens with zero attached hydrogens (tertiary/aromatic N) is 4. The Hall–Kier alpha value is -3.81. The molecule has 8 heteroatoms. The molecular weight excluding hydrogens is 435 g/mol. The molecule has 1 atom stereocenters. The number of rotatable bonds is 6. The van der Waals surface area contributed by atoms with E-state index in [1.54, 1.807) is 33.2 Å². The largest absolute Gasteiger partial charge is 0.496 e. The van der Waals surface area contributed by atoms with Crippen LogP contribution < -0.4 is 4.74 Å². The number of ether oxygens (including phenoxy) is 1. The van der Waals surface area contributed by atoms with Crippen molar-refractivity contribution >= 4 is 5.78 Å². The first kappa shape index (κ1) is 22.0. The molecule has 174 valence electrons. The first-order valence-electron chi connectivity index (χ1n) is 11.2. The summed E-state index contributed by atoms with van der Waals surface area (Å²) in [5, 5.41) is 8.98. The SMILES string of the molecule is COc1cc(-c2nnc3n2CCCC3(Cc2cccc(F)c2)C(C)=O)ccc1-c1cnc(C)o1. The summed E-state index contributed by atoms with van der Waals surface area (Å²) in [7, 11) is 1.60. The lowest BCUT2D eigenvalue weighted by Crippen LogP contribution is -2.42. The third-order valence-corrected chi connectivity index (χ3v) is 6.58. The Morgan fingerprint density at radius 1 is 1.24 bits per heavy atom. The van der Waals surface area contributed by atoms with Crippen molar-refractivity contribution in [2.75, 3.05) is 7.11 Å². The molecule has 0 saturated heterocycles. The van der Waals surface area contributed by atoms with Gasteiger partial charge in [0.2, 0.25) is 0 Å². The second kappa shape index (κ2) is 8.52. The van der Waals surface area contributed by atoms with E-state index in [0.29, 0.717) is 48.4 Å². The number of carbonyl (C=O) groups excluding carboxylic acids is 1. The number of methoxy groups -OCH3 is 1. The third-order valence-electron chi connectivity index (χ3n) is 6.58. The molecule has 0 amide bonds. The van der Waals surface area contributed by atoms with E-state index in [9.17, 15) is 9.18 Å². The molecule has 34 heavy (non-hydrogen) atoms.